The summed E-state index contributed by atoms with van der Waals surface area (Å²) in [5.74, 6) is 0.396. The molecule has 2 heterocycles. The number of aromatic nitrogens is 3. The van der Waals surface area contributed by atoms with Gasteiger partial charge >= 0.3 is 0 Å². The SMILES string of the molecule is CCS(=O)(=O)NCc1ccc(-c2nc(-c3ccc(F)cc3)c(-c3ccncc3)[nH]2)cc1. The largest absolute Gasteiger partial charge is 0.337 e. The van der Waals surface area contributed by atoms with Crippen LogP contribution < -0.4 is 4.72 Å². The highest BCUT2D eigenvalue weighted by atomic mass is 32.2. The van der Waals surface area contributed by atoms with Crippen LogP contribution in [0.15, 0.2) is 73.1 Å². The summed E-state index contributed by atoms with van der Waals surface area (Å²) in [6, 6.07) is 17.5. The molecule has 31 heavy (non-hydrogen) atoms. The standard InChI is InChI=1S/C23H21FN4O2S/c1-2-31(29,30)26-15-16-3-5-19(6-4-16)23-27-21(17-7-9-20(24)10-8-17)22(28-23)18-11-13-25-14-12-18/h3-14,26H,2,15H2,1H3,(H,27,28). The van der Waals surface area contributed by atoms with Crippen LogP contribution in [0.4, 0.5) is 4.39 Å². The first kappa shape index (κ1) is 20.9. The highest BCUT2D eigenvalue weighted by Crippen LogP contribution is 2.33. The molecule has 0 aliphatic rings. The van der Waals surface area contributed by atoms with E-state index < -0.39 is 10.0 Å². The molecule has 2 aromatic carbocycles. The number of halogens is 1. The fourth-order valence-corrected chi connectivity index (χ4v) is 3.72. The predicted molar refractivity (Wildman–Crippen MR) is 119 cm³/mol. The molecule has 4 rings (SSSR count). The van der Waals surface area contributed by atoms with E-state index in [4.69, 9.17) is 4.98 Å². The van der Waals surface area contributed by atoms with Gasteiger partial charge in [-0.15, -0.1) is 0 Å². The lowest BCUT2D eigenvalue weighted by atomic mass is 10.1. The van der Waals surface area contributed by atoms with Crippen molar-refractivity contribution in [2.45, 2.75) is 13.5 Å². The molecule has 0 spiro atoms. The van der Waals surface area contributed by atoms with Crippen LogP contribution in [0.1, 0.15) is 12.5 Å². The summed E-state index contributed by atoms with van der Waals surface area (Å²) >= 11 is 0. The molecule has 0 fully saturated rings. The Morgan fingerprint density at radius 3 is 2.19 bits per heavy atom. The second-order valence-corrected chi connectivity index (χ2v) is 9.07. The van der Waals surface area contributed by atoms with Gasteiger partial charge in [-0.3, -0.25) is 4.98 Å². The second-order valence-electron chi connectivity index (χ2n) is 6.97. The van der Waals surface area contributed by atoms with Gasteiger partial charge in [0.1, 0.15) is 11.6 Å². The van der Waals surface area contributed by atoms with E-state index in [2.05, 4.69) is 14.7 Å². The number of sulfonamides is 1. The number of aromatic amines is 1. The van der Waals surface area contributed by atoms with Crippen LogP contribution in [-0.2, 0) is 16.6 Å². The minimum absolute atomic E-state index is 0.0431. The molecule has 2 N–H and O–H groups in total. The lowest BCUT2D eigenvalue weighted by Gasteiger charge is -2.05. The van der Waals surface area contributed by atoms with Crippen molar-refractivity contribution in [3.8, 4) is 33.9 Å². The molecule has 0 radical (unpaired) electrons. The van der Waals surface area contributed by atoms with Gasteiger partial charge in [0.05, 0.1) is 17.1 Å². The van der Waals surface area contributed by atoms with Crippen molar-refractivity contribution < 1.29 is 12.8 Å². The Bertz CT molecular complexity index is 1270. The molecular formula is C23H21FN4O2S. The maximum absolute atomic E-state index is 13.4. The Morgan fingerprint density at radius 2 is 1.55 bits per heavy atom. The summed E-state index contributed by atoms with van der Waals surface area (Å²) in [5, 5.41) is 0. The molecular weight excluding hydrogens is 415 g/mol. The Balaban J connectivity index is 1.68. The van der Waals surface area contributed by atoms with Crippen molar-refractivity contribution in [2.75, 3.05) is 5.75 Å². The highest BCUT2D eigenvalue weighted by Gasteiger charge is 2.15. The number of hydrogen-bond acceptors (Lipinski definition) is 4. The van der Waals surface area contributed by atoms with Crippen molar-refractivity contribution in [3.63, 3.8) is 0 Å². The Hall–Kier alpha value is -3.36. The summed E-state index contributed by atoms with van der Waals surface area (Å²) in [6.07, 6.45) is 3.41. The molecule has 0 bridgehead atoms. The van der Waals surface area contributed by atoms with E-state index in [-0.39, 0.29) is 18.1 Å². The lowest BCUT2D eigenvalue weighted by Crippen LogP contribution is -2.24. The topological polar surface area (TPSA) is 87.7 Å². The third-order valence-electron chi connectivity index (χ3n) is 4.89. The van der Waals surface area contributed by atoms with Crippen LogP contribution in [0.25, 0.3) is 33.9 Å². The van der Waals surface area contributed by atoms with E-state index in [9.17, 15) is 12.8 Å². The van der Waals surface area contributed by atoms with Crippen LogP contribution in [0.3, 0.4) is 0 Å². The van der Waals surface area contributed by atoms with Crippen molar-refractivity contribution in [3.05, 3.63) is 84.4 Å². The molecule has 2 aromatic heterocycles. The molecule has 158 valence electrons. The van der Waals surface area contributed by atoms with Crippen molar-refractivity contribution in [2.24, 2.45) is 0 Å². The molecule has 0 aliphatic carbocycles. The van der Waals surface area contributed by atoms with Crippen molar-refractivity contribution in [1.29, 1.82) is 0 Å². The number of hydrogen-bond donors (Lipinski definition) is 2. The first-order valence-corrected chi connectivity index (χ1v) is 11.4. The molecule has 0 atom stereocenters. The third-order valence-corrected chi connectivity index (χ3v) is 6.24. The summed E-state index contributed by atoms with van der Waals surface area (Å²) < 4.78 is 39.2. The average molecular weight is 437 g/mol. The number of nitrogens with zero attached hydrogens (tertiary/aromatic N) is 2. The van der Waals surface area contributed by atoms with Crippen LogP contribution >= 0.6 is 0 Å². The van der Waals surface area contributed by atoms with Gasteiger partial charge < -0.3 is 4.98 Å². The normalized spacial score (nSPS) is 11.5. The minimum atomic E-state index is -3.25. The zero-order valence-corrected chi connectivity index (χ0v) is 17.7. The molecule has 0 saturated carbocycles. The lowest BCUT2D eigenvalue weighted by molar-refractivity contribution is 0.582. The van der Waals surface area contributed by atoms with E-state index >= 15 is 0 Å². The Labute approximate surface area is 180 Å². The maximum atomic E-state index is 13.4. The van der Waals surface area contributed by atoms with Gasteiger partial charge in [0.25, 0.3) is 0 Å². The van der Waals surface area contributed by atoms with Crippen LogP contribution in [-0.4, -0.2) is 29.1 Å². The summed E-state index contributed by atoms with van der Waals surface area (Å²) in [4.78, 5) is 12.2. The Kier molecular flexibility index (Phi) is 5.92. The van der Waals surface area contributed by atoms with E-state index in [1.807, 2.05) is 36.4 Å². The number of rotatable bonds is 7. The van der Waals surface area contributed by atoms with Crippen LogP contribution in [0.2, 0.25) is 0 Å². The number of imidazole rings is 1. The molecule has 4 aromatic rings. The molecule has 6 nitrogen and oxygen atoms in total. The zero-order chi connectivity index (χ0) is 21.8. The van der Waals surface area contributed by atoms with E-state index in [1.54, 1.807) is 31.5 Å². The van der Waals surface area contributed by atoms with E-state index in [0.29, 0.717) is 11.5 Å². The number of H-pyrrole nitrogens is 1. The molecule has 0 unspecified atom stereocenters. The van der Waals surface area contributed by atoms with Gasteiger partial charge in [-0.1, -0.05) is 24.3 Å². The number of nitrogens with one attached hydrogen (secondary N) is 2. The Morgan fingerprint density at radius 1 is 0.903 bits per heavy atom. The monoisotopic (exact) mass is 436 g/mol. The number of pyridine rings is 1. The van der Waals surface area contributed by atoms with Crippen molar-refractivity contribution >= 4 is 10.0 Å². The van der Waals surface area contributed by atoms with Gasteiger partial charge in [-0.2, -0.15) is 0 Å². The molecule has 8 heteroatoms. The maximum Gasteiger partial charge on any atom is 0.211 e. The molecule has 0 aliphatic heterocycles. The number of benzene rings is 2. The smallest absolute Gasteiger partial charge is 0.211 e. The fourth-order valence-electron chi connectivity index (χ4n) is 3.13. The fraction of sp³-hybridized carbons (Fsp3) is 0.130. The summed E-state index contributed by atoms with van der Waals surface area (Å²) in [6.45, 7) is 1.83. The highest BCUT2D eigenvalue weighted by molar-refractivity contribution is 7.89. The van der Waals surface area contributed by atoms with Crippen LogP contribution in [0.5, 0.6) is 0 Å². The zero-order valence-electron chi connectivity index (χ0n) is 16.8. The average Bonchev–Trinajstić information content (AvgIpc) is 3.25. The third kappa shape index (κ3) is 4.87. The summed E-state index contributed by atoms with van der Waals surface area (Å²) in [7, 11) is -3.25. The van der Waals surface area contributed by atoms with Gasteiger partial charge in [0.15, 0.2) is 0 Å². The van der Waals surface area contributed by atoms with Gasteiger partial charge in [0, 0.05) is 35.6 Å². The first-order valence-electron chi connectivity index (χ1n) is 9.78. The van der Waals surface area contributed by atoms with E-state index in [1.165, 1.54) is 12.1 Å². The van der Waals surface area contributed by atoms with Crippen molar-refractivity contribution in [1.82, 2.24) is 19.7 Å². The van der Waals surface area contributed by atoms with Crippen LogP contribution in [0, 0.1) is 5.82 Å². The van der Waals surface area contributed by atoms with Gasteiger partial charge in [0.2, 0.25) is 10.0 Å². The minimum Gasteiger partial charge on any atom is -0.337 e. The second kappa shape index (κ2) is 8.79. The molecule has 0 amide bonds. The first-order chi connectivity index (χ1) is 14.9. The quantitative estimate of drug-likeness (QED) is 0.450. The van der Waals surface area contributed by atoms with E-state index in [0.717, 1.165) is 27.9 Å². The predicted octanol–water partition coefficient (Wildman–Crippen LogP) is 4.38. The van der Waals surface area contributed by atoms with Gasteiger partial charge in [-0.05, 0) is 48.9 Å². The van der Waals surface area contributed by atoms with Gasteiger partial charge in [-0.25, -0.2) is 22.5 Å². The summed E-state index contributed by atoms with van der Waals surface area (Å²) in [5.41, 5.74) is 4.93. The molecule has 0 saturated heterocycles.